The van der Waals surface area contributed by atoms with E-state index in [-0.39, 0.29) is 24.5 Å². The number of amides is 2. The van der Waals surface area contributed by atoms with Gasteiger partial charge in [0.05, 0.1) is 11.7 Å². The molecule has 0 fully saturated rings. The van der Waals surface area contributed by atoms with Gasteiger partial charge >= 0.3 is 0 Å². The number of aryl methyl sites for hydroxylation is 1. The van der Waals surface area contributed by atoms with Crippen molar-refractivity contribution < 1.29 is 14.3 Å². The summed E-state index contributed by atoms with van der Waals surface area (Å²) in [6.07, 6.45) is 2.28. The highest BCUT2D eigenvalue weighted by Crippen LogP contribution is 2.30. The first-order chi connectivity index (χ1) is 11.6. The molecule has 1 aromatic heterocycles. The summed E-state index contributed by atoms with van der Waals surface area (Å²) in [4.78, 5) is 24.8. The molecule has 2 amide bonds. The van der Waals surface area contributed by atoms with Crippen LogP contribution in [0.1, 0.15) is 36.2 Å². The van der Waals surface area contributed by atoms with Crippen LogP contribution >= 0.6 is 11.3 Å². The van der Waals surface area contributed by atoms with Crippen LogP contribution in [0.4, 0.5) is 5.69 Å². The Morgan fingerprint density at radius 2 is 2.29 bits per heavy atom. The van der Waals surface area contributed by atoms with Gasteiger partial charge in [0.2, 0.25) is 5.91 Å². The number of rotatable bonds is 6. The predicted octanol–water partition coefficient (Wildman–Crippen LogP) is 3.28. The molecule has 2 aromatic rings. The van der Waals surface area contributed by atoms with Gasteiger partial charge in [-0.3, -0.25) is 9.59 Å². The lowest BCUT2D eigenvalue weighted by Crippen LogP contribution is -2.28. The highest BCUT2D eigenvalue weighted by molar-refractivity contribution is 7.09. The maximum Gasteiger partial charge on any atom is 0.262 e. The number of carbonyl (C=O) groups is 2. The van der Waals surface area contributed by atoms with Crippen LogP contribution < -0.4 is 15.4 Å². The average Bonchev–Trinajstić information content (AvgIpc) is 3.07. The van der Waals surface area contributed by atoms with E-state index in [4.69, 9.17) is 4.74 Å². The van der Waals surface area contributed by atoms with Crippen molar-refractivity contribution in [2.75, 3.05) is 11.9 Å². The van der Waals surface area contributed by atoms with E-state index in [1.54, 1.807) is 11.3 Å². The SMILES string of the molecule is C[C@H](NC(=O)CCCc1cccs1)c1ccc2c(c1)NC(=O)CO2. The van der Waals surface area contributed by atoms with E-state index >= 15 is 0 Å². The van der Waals surface area contributed by atoms with Gasteiger partial charge in [0.25, 0.3) is 5.91 Å². The maximum absolute atomic E-state index is 12.1. The topological polar surface area (TPSA) is 67.4 Å². The highest BCUT2D eigenvalue weighted by Gasteiger charge is 2.18. The quantitative estimate of drug-likeness (QED) is 0.845. The molecule has 0 radical (unpaired) electrons. The van der Waals surface area contributed by atoms with E-state index in [0.717, 1.165) is 18.4 Å². The monoisotopic (exact) mass is 344 g/mol. The Balaban J connectivity index is 1.52. The van der Waals surface area contributed by atoms with E-state index < -0.39 is 0 Å². The van der Waals surface area contributed by atoms with Crippen molar-refractivity contribution in [3.05, 3.63) is 46.2 Å². The van der Waals surface area contributed by atoms with Crippen LogP contribution in [0.3, 0.4) is 0 Å². The van der Waals surface area contributed by atoms with Gasteiger partial charge < -0.3 is 15.4 Å². The first-order valence-corrected chi connectivity index (χ1v) is 8.88. The molecule has 1 aliphatic rings. The molecular weight excluding hydrogens is 324 g/mol. The first kappa shape index (κ1) is 16.5. The maximum atomic E-state index is 12.1. The van der Waals surface area contributed by atoms with Gasteiger partial charge in [-0.05, 0) is 48.9 Å². The second-order valence-electron chi connectivity index (χ2n) is 5.81. The number of nitrogens with one attached hydrogen (secondary N) is 2. The smallest absolute Gasteiger partial charge is 0.262 e. The van der Waals surface area contributed by atoms with Gasteiger partial charge in [-0.1, -0.05) is 12.1 Å². The third-order valence-corrected chi connectivity index (χ3v) is 4.86. The molecule has 126 valence electrons. The summed E-state index contributed by atoms with van der Waals surface area (Å²) in [5.74, 6) is 0.537. The van der Waals surface area contributed by atoms with Crippen molar-refractivity contribution in [3.63, 3.8) is 0 Å². The summed E-state index contributed by atoms with van der Waals surface area (Å²) < 4.78 is 5.34. The first-order valence-electron chi connectivity index (χ1n) is 8.00. The Hall–Kier alpha value is -2.34. The minimum Gasteiger partial charge on any atom is -0.482 e. The van der Waals surface area contributed by atoms with Crippen LogP contribution in [0.5, 0.6) is 5.75 Å². The van der Waals surface area contributed by atoms with Crippen molar-refractivity contribution in [1.82, 2.24) is 5.32 Å². The molecule has 0 aliphatic carbocycles. The van der Waals surface area contributed by atoms with Crippen LogP contribution in [0, 0.1) is 0 Å². The summed E-state index contributed by atoms with van der Waals surface area (Å²) in [6.45, 7) is 1.98. The van der Waals surface area contributed by atoms with E-state index in [2.05, 4.69) is 22.1 Å². The standard InChI is InChI=1S/C18H20N2O3S/c1-12(19-17(21)6-2-4-14-5-3-9-24-14)13-7-8-16-15(10-13)20-18(22)11-23-16/h3,5,7-10,12H,2,4,6,11H2,1H3,(H,19,21)(H,20,22)/t12-/m0/s1. The third kappa shape index (κ3) is 4.14. The number of ether oxygens (including phenoxy) is 1. The molecule has 1 aromatic carbocycles. The second-order valence-corrected chi connectivity index (χ2v) is 6.85. The minimum atomic E-state index is -0.162. The molecule has 0 saturated carbocycles. The fraction of sp³-hybridized carbons (Fsp3) is 0.333. The van der Waals surface area contributed by atoms with Gasteiger partial charge in [-0.2, -0.15) is 0 Å². The summed E-state index contributed by atoms with van der Waals surface area (Å²) in [5, 5.41) is 7.84. The molecule has 5 nitrogen and oxygen atoms in total. The molecule has 0 bridgehead atoms. The molecule has 2 N–H and O–H groups in total. The fourth-order valence-electron chi connectivity index (χ4n) is 2.65. The van der Waals surface area contributed by atoms with Gasteiger partial charge in [0.15, 0.2) is 6.61 Å². The van der Waals surface area contributed by atoms with Gasteiger partial charge in [0.1, 0.15) is 5.75 Å². The average molecular weight is 344 g/mol. The van der Waals surface area contributed by atoms with Crippen LogP contribution in [-0.2, 0) is 16.0 Å². The normalized spacial score (nSPS) is 14.3. The lowest BCUT2D eigenvalue weighted by molar-refractivity contribution is -0.122. The van der Waals surface area contributed by atoms with Gasteiger partial charge in [-0.15, -0.1) is 11.3 Å². The van der Waals surface area contributed by atoms with Crippen LogP contribution in [-0.4, -0.2) is 18.4 Å². The lowest BCUT2D eigenvalue weighted by Gasteiger charge is -2.21. The largest absolute Gasteiger partial charge is 0.482 e. The zero-order chi connectivity index (χ0) is 16.9. The number of benzene rings is 1. The molecule has 3 rings (SSSR count). The molecule has 1 aliphatic heterocycles. The number of hydrogen-bond acceptors (Lipinski definition) is 4. The number of anilines is 1. The van der Waals surface area contributed by atoms with Crippen molar-refractivity contribution in [2.24, 2.45) is 0 Å². The second kappa shape index (κ2) is 7.49. The molecule has 0 saturated heterocycles. The Morgan fingerprint density at radius 1 is 1.42 bits per heavy atom. The lowest BCUT2D eigenvalue weighted by atomic mass is 10.1. The molecule has 2 heterocycles. The fourth-order valence-corrected chi connectivity index (χ4v) is 3.40. The number of thiophene rings is 1. The summed E-state index contributed by atoms with van der Waals surface area (Å²) in [7, 11) is 0. The Morgan fingerprint density at radius 3 is 3.08 bits per heavy atom. The summed E-state index contributed by atoms with van der Waals surface area (Å²) in [6, 6.07) is 9.58. The van der Waals surface area contributed by atoms with Crippen LogP contribution in [0.25, 0.3) is 0 Å². The highest BCUT2D eigenvalue weighted by atomic mass is 32.1. The van der Waals surface area contributed by atoms with Crippen molar-refractivity contribution in [1.29, 1.82) is 0 Å². The van der Waals surface area contributed by atoms with Crippen LogP contribution in [0.2, 0.25) is 0 Å². The molecule has 0 unspecified atom stereocenters. The zero-order valence-corrected chi connectivity index (χ0v) is 14.3. The zero-order valence-electron chi connectivity index (χ0n) is 13.5. The summed E-state index contributed by atoms with van der Waals surface area (Å²) >= 11 is 1.72. The van der Waals surface area contributed by atoms with E-state index in [1.807, 2.05) is 31.2 Å². The van der Waals surface area contributed by atoms with E-state index in [1.165, 1.54) is 4.88 Å². The Kier molecular flexibility index (Phi) is 5.15. The third-order valence-electron chi connectivity index (χ3n) is 3.92. The molecule has 0 spiro atoms. The predicted molar refractivity (Wildman–Crippen MR) is 94.4 cm³/mol. The molecular formula is C18H20N2O3S. The minimum absolute atomic E-state index is 0.0389. The number of carbonyl (C=O) groups excluding carboxylic acids is 2. The Labute approximate surface area is 145 Å². The van der Waals surface area contributed by atoms with Crippen molar-refractivity contribution in [2.45, 2.75) is 32.2 Å². The van der Waals surface area contributed by atoms with Crippen molar-refractivity contribution in [3.8, 4) is 5.75 Å². The number of hydrogen-bond donors (Lipinski definition) is 2. The van der Waals surface area contributed by atoms with Crippen LogP contribution in [0.15, 0.2) is 35.7 Å². The van der Waals surface area contributed by atoms with E-state index in [0.29, 0.717) is 17.9 Å². The molecule has 1 atom stereocenters. The summed E-state index contributed by atoms with van der Waals surface area (Å²) in [5.41, 5.74) is 1.59. The molecule has 6 heteroatoms. The number of fused-ring (bicyclic) bond motifs is 1. The van der Waals surface area contributed by atoms with Gasteiger partial charge in [-0.25, -0.2) is 0 Å². The Bertz CT molecular complexity index is 728. The van der Waals surface area contributed by atoms with Crippen molar-refractivity contribution >= 4 is 28.8 Å². The van der Waals surface area contributed by atoms with E-state index in [9.17, 15) is 9.59 Å². The molecule has 24 heavy (non-hydrogen) atoms. The van der Waals surface area contributed by atoms with Gasteiger partial charge in [0, 0.05) is 11.3 Å².